The summed E-state index contributed by atoms with van der Waals surface area (Å²) in [6, 6.07) is 8.53. The summed E-state index contributed by atoms with van der Waals surface area (Å²) in [5, 5.41) is 0. The summed E-state index contributed by atoms with van der Waals surface area (Å²) in [5.41, 5.74) is 2.85. The molecule has 1 aromatic carbocycles. The molecule has 2 atom stereocenters. The second-order valence-electron chi connectivity index (χ2n) is 4.05. The van der Waals surface area contributed by atoms with Crippen LogP contribution in [0.4, 0.5) is 0 Å². The molecule has 0 amide bonds. The lowest BCUT2D eigenvalue weighted by Crippen LogP contribution is -2.10. The Morgan fingerprint density at radius 3 is 3.00 bits per heavy atom. The van der Waals surface area contributed by atoms with Crippen LogP contribution in [0.25, 0.3) is 0 Å². The minimum atomic E-state index is 0.221. The van der Waals surface area contributed by atoms with Crippen LogP contribution in [0.3, 0.4) is 0 Å². The summed E-state index contributed by atoms with van der Waals surface area (Å²) in [4.78, 5) is 10.9. The van der Waals surface area contributed by atoms with Crippen LogP contribution >= 0.6 is 0 Å². The Kier molecular flexibility index (Phi) is 2.67. The van der Waals surface area contributed by atoms with Gasteiger partial charge >= 0.3 is 0 Å². The molecule has 0 aliphatic heterocycles. The topological polar surface area (TPSA) is 17.1 Å². The van der Waals surface area contributed by atoms with Gasteiger partial charge in [0, 0.05) is 5.92 Å². The second kappa shape index (κ2) is 3.95. The predicted molar refractivity (Wildman–Crippen MR) is 57.3 cm³/mol. The smallest absolute Gasteiger partial charge is 0.123 e. The van der Waals surface area contributed by atoms with E-state index < -0.39 is 0 Å². The Bertz CT molecular complexity index is 330. The summed E-state index contributed by atoms with van der Waals surface area (Å²) in [6.45, 7) is 2.10. The zero-order valence-electron chi connectivity index (χ0n) is 8.57. The Hall–Kier alpha value is -1.11. The van der Waals surface area contributed by atoms with E-state index in [2.05, 4.69) is 31.2 Å². The quantitative estimate of drug-likeness (QED) is 0.666. The van der Waals surface area contributed by atoms with E-state index in [9.17, 15) is 4.79 Å². The average Bonchev–Trinajstić information content (AvgIpc) is 2.65. The first-order chi connectivity index (χ1) is 6.86. The first-order valence-corrected chi connectivity index (χ1v) is 5.40. The fraction of sp³-hybridized carbons (Fsp3) is 0.462. The Morgan fingerprint density at radius 1 is 1.50 bits per heavy atom. The van der Waals surface area contributed by atoms with E-state index in [1.807, 2.05) is 0 Å². The molecule has 14 heavy (non-hydrogen) atoms. The summed E-state index contributed by atoms with van der Waals surface area (Å²) in [5.74, 6) is 0.701. The van der Waals surface area contributed by atoms with Gasteiger partial charge in [-0.2, -0.15) is 0 Å². The van der Waals surface area contributed by atoms with Gasteiger partial charge in [0.25, 0.3) is 0 Å². The molecule has 1 aliphatic rings. The van der Waals surface area contributed by atoms with Crippen molar-refractivity contribution in [2.45, 2.75) is 32.1 Å². The van der Waals surface area contributed by atoms with Crippen molar-refractivity contribution in [3.8, 4) is 0 Å². The Morgan fingerprint density at radius 2 is 2.29 bits per heavy atom. The third kappa shape index (κ3) is 1.47. The van der Waals surface area contributed by atoms with Crippen molar-refractivity contribution in [3.05, 3.63) is 35.4 Å². The van der Waals surface area contributed by atoms with Gasteiger partial charge in [-0.05, 0) is 36.3 Å². The highest BCUT2D eigenvalue weighted by Crippen LogP contribution is 2.38. The Balaban J connectivity index is 2.29. The molecule has 0 radical (unpaired) electrons. The summed E-state index contributed by atoms with van der Waals surface area (Å²) < 4.78 is 0. The standard InChI is InChI=1S/C13H16O/c1-2-10(9-14)13-8-7-11-5-3-4-6-12(11)13/h3-6,9-10,13H,2,7-8H2,1H3. The van der Waals surface area contributed by atoms with Crippen molar-refractivity contribution >= 4 is 6.29 Å². The highest BCUT2D eigenvalue weighted by atomic mass is 16.1. The predicted octanol–water partition coefficient (Wildman–Crippen LogP) is 2.94. The molecule has 0 N–H and O–H groups in total. The fourth-order valence-corrected chi connectivity index (χ4v) is 2.51. The van der Waals surface area contributed by atoms with Gasteiger partial charge in [-0.15, -0.1) is 0 Å². The van der Waals surface area contributed by atoms with Crippen molar-refractivity contribution < 1.29 is 4.79 Å². The molecule has 74 valence electrons. The summed E-state index contributed by atoms with van der Waals surface area (Å²) >= 11 is 0. The SMILES string of the molecule is CCC(C=O)C1CCc2ccccc21. The fourth-order valence-electron chi connectivity index (χ4n) is 2.51. The number of hydrogen-bond acceptors (Lipinski definition) is 1. The van der Waals surface area contributed by atoms with E-state index in [-0.39, 0.29) is 5.92 Å². The maximum atomic E-state index is 10.9. The number of fused-ring (bicyclic) bond motifs is 1. The third-order valence-corrected chi connectivity index (χ3v) is 3.34. The molecular weight excluding hydrogens is 172 g/mol. The van der Waals surface area contributed by atoms with Gasteiger partial charge in [0.2, 0.25) is 0 Å². The number of rotatable bonds is 3. The van der Waals surface area contributed by atoms with Gasteiger partial charge in [0.15, 0.2) is 0 Å². The number of carbonyl (C=O) groups is 1. The van der Waals surface area contributed by atoms with E-state index in [1.165, 1.54) is 11.1 Å². The lowest BCUT2D eigenvalue weighted by atomic mass is 9.87. The monoisotopic (exact) mass is 188 g/mol. The number of aryl methyl sites for hydroxylation is 1. The van der Waals surface area contributed by atoms with Crippen LogP contribution in [0, 0.1) is 5.92 Å². The zero-order valence-corrected chi connectivity index (χ0v) is 8.57. The van der Waals surface area contributed by atoms with Crippen LogP contribution in [-0.2, 0) is 11.2 Å². The lowest BCUT2D eigenvalue weighted by Gasteiger charge is -2.16. The molecule has 2 unspecified atom stereocenters. The largest absolute Gasteiger partial charge is 0.303 e. The minimum Gasteiger partial charge on any atom is -0.303 e. The van der Waals surface area contributed by atoms with Crippen molar-refractivity contribution in [3.63, 3.8) is 0 Å². The van der Waals surface area contributed by atoms with Crippen molar-refractivity contribution in [2.75, 3.05) is 0 Å². The molecule has 0 heterocycles. The van der Waals surface area contributed by atoms with Gasteiger partial charge in [-0.3, -0.25) is 0 Å². The van der Waals surface area contributed by atoms with Gasteiger partial charge in [0.1, 0.15) is 6.29 Å². The average molecular weight is 188 g/mol. The van der Waals surface area contributed by atoms with Gasteiger partial charge in [0.05, 0.1) is 0 Å². The normalized spacial score (nSPS) is 21.6. The number of carbonyl (C=O) groups excluding carboxylic acids is 1. The number of hydrogen-bond donors (Lipinski definition) is 0. The van der Waals surface area contributed by atoms with Gasteiger partial charge < -0.3 is 4.79 Å². The highest BCUT2D eigenvalue weighted by Gasteiger charge is 2.27. The molecule has 0 saturated carbocycles. The maximum Gasteiger partial charge on any atom is 0.123 e. The molecule has 1 heteroatoms. The first kappa shape index (κ1) is 9.45. The van der Waals surface area contributed by atoms with Crippen LogP contribution in [0.5, 0.6) is 0 Å². The lowest BCUT2D eigenvalue weighted by molar-refractivity contribution is -0.111. The van der Waals surface area contributed by atoms with Crippen LogP contribution in [0.15, 0.2) is 24.3 Å². The van der Waals surface area contributed by atoms with E-state index in [1.54, 1.807) is 0 Å². The number of benzene rings is 1. The molecule has 0 fully saturated rings. The van der Waals surface area contributed by atoms with E-state index >= 15 is 0 Å². The number of aldehydes is 1. The van der Waals surface area contributed by atoms with Crippen LogP contribution < -0.4 is 0 Å². The molecule has 1 aliphatic carbocycles. The van der Waals surface area contributed by atoms with Crippen molar-refractivity contribution in [2.24, 2.45) is 5.92 Å². The van der Waals surface area contributed by atoms with E-state index in [4.69, 9.17) is 0 Å². The molecule has 0 spiro atoms. The summed E-state index contributed by atoms with van der Waals surface area (Å²) in [7, 11) is 0. The molecule has 1 nitrogen and oxygen atoms in total. The van der Waals surface area contributed by atoms with Crippen LogP contribution in [-0.4, -0.2) is 6.29 Å². The Labute approximate surface area is 85.1 Å². The van der Waals surface area contributed by atoms with Gasteiger partial charge in [-0.25, -0.2) is 0 Å². The molecule has 0 saturated heterocycles. The highest BCUT2D eigenvalue weighted by molar-refractivity contribution is 5.57. The molecule has 0 bridgehead atoms. The molecule has 1 aromatic rings. The molecule has 0 aromatic heterocycles. The van der Waals surface area contributed by atoms with E-state index in [0.29, 0.717) is 5.92 Å². The summed E-state index contributed by atoms with van der Waals surface area (Å²) in [6.07, 6.45) is 4.39. The van der Waals surface area contributed by atoms with Gasteiger partial charge in [-0.1, -0.05) is 31.2 Å². The third-order valence-electron chi connectivity index (χ3n) is 3.34. The molecule has 2 rings (SSSR count). The van der Waals surface area contributed by atoms with Crippen LogP contribution in [0.1, 0.15) is 36.8 Å². The first-order valence-electron chi connectivity index (χ1n) is 5.40. The van der Waals surface area contributed by atoms with Crippen molar-refractivity contribution in [1.29, 1.82) is 0 Å². The minimum absolute atomic E-state index is 0.221. The maximum absolute atomic E-state index is 10.9. The molecular formula is C13H16O. The van der Waals surface area contributed by atoms with E-state index in [0.717, 1.165) is 25.5 Å². The second-order valence-corrected chi connectivity index (χ2v) is 4.05. The van der Waals surface area contributed by atoms with Crippen LogP contribution in [0.2, 0.25) is 0 Å². The van der Waals surface area contributed by atoms with Crippen molar-refractivity contribution in [1.82, 2.24) is 0 Å². The zero-order chi connectivity index (χ0) is 9.97.